The van der Waals surface area contributed by atoms with Crippen molar-refractivity contribution in [3.05, 3.63) is 48.3 Å². The van der Waals surface area contributed by atoms with Gasteiger partial charge in [-0.2, -0.15) is 0 Å². The molecule has 0 aromatic carbocycles. The predicted molar refractivity (Wildman–Crippen MR) is 109 cm³/mol. The molecule has 0 saturated carbocycles. The van der Waals surface area contributed by atoms with Crippen molar-refractivity contribution in [2.45, 2.75) is 45.1 Å². The molecular weight excluding hydrogens is 350 g/mol. The zero-order valence-corrected chi connectivity index (χ0v) is 16.8. The molecule has 0 N–H and O–H groups in total. The molecule has 4 heterocycles. The molecule has 2 aliphatic rings. The van der Waals surface area contributed by atoms with E-state index in [1.54, 1.807) is 0 Å². The molecule has 0 spiro atoms. The van der Waals surface area contributed by atoms with Crippen LogP contribution >= 0.6 is 0 Å². The lowest BCUT2D eigenvalue weighted by molar-refractivity contribution is -0.136. The summed E-state index contributed by atoms with van der Waals surface area (Å²) in [6.45, 7) is 7.73. The fraction of sp³-hybridized carbons (Fsp3) is 0.591. The first-order valence-electron chi connectivity index (χ1n) is 10.6. The van der Waals surface area contributed by atoms with Gasteiger partial charge in [0.25, 0.3) is 0 Å². The van der Waals surface area contributed by atoms with E-state index in [2.05, 4.69) is 31.3 Å². The molecule has 2 saturated heterocycles. The highest BCUT2D eigenvalue weighted by Crippen LogP contribution is 2.28. The van der Waals surface area contributed by atoms with Gasteiger partial charge in [0.2, 0.25) is 5.91 Å². The number of nitrogens with zero attached hydrogens (tertiary/aromatic N) is 5. The Balaban J connectivity index is 1.32. The highest BCUT2D eigenvalue weighted by molar-refractivity contribution is 5.78. The Morgan fingerprint density at radius 2 is 1.89 bits per heavy atom. The molecule has 0 radical (unpaired) electrons. The summed E-state index contributed by atoms with van der Waals surface area (Å²) in [6.07, 6.45) is 10.3. The summed E-state index contributed by atoms with van der Waals surface area (Å²) in [5, 5.41) is 0. The molecule has 0 bridgehead atoms. The van der Waals surface area contributed by atoms with Gasteiger partial charge in [-0.25, -0.2) is 4.98 Å². The van der Waals surface area contributed by atoms with E-state index in [0.717, 1.165) is 63.6 Å². The molecule has 0 unspecified atom stereocenters. The van der Waals surface area contributed by atoms with Gasteiger partial charge in [-0.05, 0) is 50.9 Å². The van der Waals surface area contributed by atoms with Crippen LogP contribution in [0.1, 0.15) is 50.0 Å². The molecule has 2 fully saturated rings. The summed E-state index contributed by atoms with van der Waals surface area (Å²) in [5.41, 5.74) is 1.05. The first kappa shape index (κ1) is 19.1. The first-order chi connectivity index (χ1) is 13.7. The molecule has 6 nitrogen and oxygen atoms in total. The van der Waals surface area contributed by atoms with Gasteiger partial charge < -0.3 is 14.4 Å². The van der Waals surface area contributed by atoms with Crippen molar-refractivity contribution < 1.29 is 4.79 Å². The second kappa shape index (κ2) is 8.86. The fourth-order valence-corrected chi connectivity index (χ4v) is 4.58. The minimum Gasteiger partial charge on any atom is -0.342 e. The molecule has 1 amide bonds. The van der Waals surface area contributed by atoms with Crippen LogP contribution in [0.5, 0.6) is 0 Å². The Labute approximate surface area is 167 Å². The average molecular weight is 382 g/mol. The Hall–Kier alpha value is -2.21. The van der Waals surface area contributed by atoms with Crippen LogP contribution in [-0.2, 0) is 11.3 Å². The smallest absolute Gasteiger partial charge is 0.226 e. The van der Waals surface area contributed by atoms with Crippen molar-refractivity contribution >= 4 is 5.91 Å². The third-order valence-corrected chi connectivity index (χ3v) is 6.13. The predicted octanol–water partition coefficient (Wildman–Crippen LogP) is 2.76. The third-order valence-electron chi connectivity index (χ3n) is 6.13. The minimum absolute atomic E-state index is 0.0980. The second-order valence-corrected chi connectivity index (χ2v) is 8.24. The molecule has 28 heavy (non-hydrogen) atoms. The zero-order valence-electron chi connectivity index (χ0n) is 16.8. The Morgan fingerprint density at radius 1 is 1.11 bits per heavy atom. The van der Waals surface area contributed by atoms with Gasteiger partial charge in [0, 0.05) is 50.1 Å². The minimum atomic E-state index is 0.0980. The number of piperidine rings is 1. The number of aromatic nitrogens is 3. The first-order valence-corrected chi connectivity index (χ1v) is 10.6. The zero-order chi connectivity index (χ0) is 19.3. The van der Waals surface area contributed by atoms with Crippen molar-refractivity contribution in [1.82, 2.24) is 24.3 Å². The maximum atomic E-state index is 12.9. The van der Waals surface area contributed by atoms with E-state index in [-0.39, 0.29) is 5.92 Å². The van der Waals surface area contributed by atoms with Crippen LogP contribution in [0.3, 0.4) is 0 Å². The molecular formula is C22H31N5O. The van der Waals surface area contributed by atoms with Gasteiger partial charge in [0.05, 0.1) is 12.2 Å². The molecule has 2 aliphatic heterocycles. The third kappa shape index (κ3) is 4.43. The van der Waals surface area contributed by atoms with E-state index >= 15 is 0 Å². The van der Waals surface area contributed by atoms with Gasteiger partial charge in [-0.3, -0.25) is 9.78 Å². The van der Waals surface area contributed by atoms with Crippen LogP contribution in [0.25, 0.3) is 0 Å². The number of likely N-dealkylation sites (tertiary alicyclic amines) is 2. The molecule has 1 atom stereocenters. The van der Waals surface area contributed by atoms with E-state index in [1.165, 1.54) is 12.8 Å². The van der Waals surface area contributed by atoms with Crippen LogP contribution in [0.2, 0.25) is 0 Å². The highest BCUT2D eigenvalue weighted by Gasteiger charge is 2.29. The van der Waals surface area contributed by atoms with E-state index in [0.29, 0.717) is 11.8 Å². The van der Waals surface area contributed by atoms with Crippen molar-refractivity contribution in [3.63, 3.8) is 0 Å². The fourth-order valence-electron chi connectivity index (χ4n) is 4.58. The highest BCUT2D eigenvalue weighted by atomic mass is 16.2. The second-order valence-electron chi connectivity index (χ2n) is 8.24. The van der Waals surface area contributed by atoms with E-state index in [4.69, 9.17) is 0 Å². The molecule has 6 heteroatoms. The Bertz CT molecular complexity index is 760. The number of rotatable bonds is 6. The summed E-state index contributed by atoms with van der Waals surface area (Å²) in [7, 11) is 0. The number of carbonyl (C=O) groups excluding carboxylic acids is 1. The SMILES string of the molecule is C[C@@H](CN1CCCC1)C(=O)N1CCC(c2nccn2Cc2ccccn2)CC1. The van der Waals surface area contributed by atoms with Crippen LogP contribution in [0.4, 0.5) is 0 Å². The average Bonchev–Trinajstić information content (AvgIpc) is 3.40. The number of amides is 1. The largest absolute Gasteiger partial charge is 0.342 e. The van der Waals surface area contributed by atoms with Crippen LogP contribution in [-0.4, -0.2) is 63.0 Å². The number of hydrogen-bond acceptors (Lipinski definition) is 4. The normalized spacial score (nSPS) is 19.8. The van der Waals surface area contributed by atoms with Gasteiger partial charge in [-0.15, -0.1) is 0 Å². The summed E-state index contributed by atoms with van der Waals surface area (Å²) >= 11 is 0. The van der Waals surface area contributed by atoms with E-state index in [1.807, 2.05) is 36.8 Å². The van der Waals surface area contributed by atoms with Crippen LogP contribution < -0.4 is 0 Å². The Kier molecular flexibility index (Phi) is 6.05. The summed E-state index contributed by atoms with van der Waals surface area (Å²) in [4.78, 5) is 26.4. The van der Waals surface area contributed by atoms with Crippen molar-refractivity contribution in [2.24, 2.45) is 5.92 Å². The molecule has 4 rings (SSSR count). The lowest BCUT2D eigenvalue weighted by Gasteiger charge is -2.34. The monoisotopic (exact) mass is 381 g/mol. The molecule has 150 valence electrons. The van der Waals surface area contributed by atoms with Crippen molar-refractivity contribution in [3.8, 4) is 0 Å². The van der Waals surface area contributed by atoms with E-state index < -0.39 is 0 Å². The van der Waals surface area contributed by atoms with Gasteiger partial charge in [0.15, 0.2) is 0 Å². The lowest BCUT2D eigenvalue weighted by Crippen LogP contribution is -2.43. The van der Waals surface area contributed by atoms with Crippen molar-refractivity contribution in [1.29, 1.82) is 0 Å². The number of imidazole rings is 1. The van der Waals surface area contributed by atoms with Gasteiger partial charge in [-0.1, -0.05) is 13.0 Å². The molecule has 2 aromatic rings. The van der Waals surface area contributed by atoms with E-state index in [9.17, 15) is 4.79 Å². The topological polar surface area (TPSA) is 54.3 Å². The summed E-state index contributed by atoms with van der Waals surface area (Å²) < 4.78 is 2.21. The molecule has 2 aromatic heterocycles. The van der Waals surface area contributed by atoms with Crippen LogP contribution in [0, 0.1) is 5.92 Å². The summed E-state index contributed by atoms with van der Waals surface area (Å²) in [5.74, 6) is 1.96. The summed E-state index contributed by atoms with van der Waals surface area (Å²) in [6, 6.07) is 6.01. The van der Waals surface area contributed by atoms with Crippen LogP contribution in [0.15, 0.2) is 36.8 Å². The van der Waals surface area contributed by atoms with Gasteiger partial charge in [0.1, 0.15) is 5.82 Å². The number of pyridine rings is 1. The standard InChI is InChI=1S/C22H31N5O/c1-18(16-25-11-4-5-12-25)22(28)26-13-7-19(8-14-26)21-24-10-15-27(21)17-20-6-2-3-9-23-20/h2-3,6,9-10,15,18-19H,4-5,7-8,11-14,16-17H2,1H3/t18-/m0/s1. The van der Waals surface area contributed by atoms with Gasteiger partial charge >= 0.3 is 0 Å². The Morgan fingerprint density at radius 3 is 2.61 bits per heavy atom. The maximum Gasteiger partial charge on any atom is 0.226 e. The number of carbonyl (C=O) groups is 1. The quantitative estimate of drug-likeness (QED) is 0.772. The van der Waals surface area contributed by atoms with Crippen molar-refractivity contribution in [2.75, 3.05) is 32.7 Å². The number of hydrogen-bond donors (Lipinski definition) is 0. The molecule has 0 aliphatic carbocycles. The lowest BCUT2D eigenvalue weighted by atomic mass is 9.94. The maximum absolute atomic E-state index is 12.9.